The molecule has 0 spiro atoms. The van der Waals surface area contributed by atoms with Crippen molar-refractivity contribution >= 4 is 34.7 Å². The van der Waals surface area contributed by atoms with Crippen molar-refractivity contribution in [3.63, 3.8) is 0 Å². The van der Waals surface area contributed by atoms with Crippen LogP contribution in [0.15, 0.2) is 47.8 Å². The molecule has 0 fully saturated rings. The summed E-state index contributed by atoms with van der Waals surface area (Å²) in [7, 11) is 0. The summed E-state index contributed by atoms with van der Waals surface area (Å²) >= 11 is 3.08. The molecule has 1 unspecified atom stereocenters. The van der Waals surface area contributed by atoms with Crippen molar-refractivity contribution in [2.45, 2.75) is 31.8 Å². The predicted molar refractivity (Wildman–Crippen MR) is 113 cm³/mol. The van der Waals surface area contributed by atoms with Gasteiger partial charge in [0.25, 0.3) is 0 Å². The normalized spacial score (nSPS) is 12.0. The molecule has 0 aliphatic heterocycles. The van der Waals surface area contributed by atoms with Gasteiger partial charge in [-0.1, -0.05) is 18.2 Å². The maximum atomic E-state index is 13.0. The van der Waals surface area contributed by atoms with E-state index in [0.717, 1.165) is 33.1 Å². The van der Waals surface area contributed by atoms with Gasteiger partial charge in [-0.3, -0.25) is 4.79 Å². The Morgan fingerprint density at radius 1 is 1.19 bits per heavy atom. The summed E-state index contributed by atoms with van der Waals surface area (Å²) in [5.41, 5.74) is 4.84. The van der Waals surface area contributed by atoms with E-state index in [0.29, 0.717) is 5.75 Å². The van der Waals surface area contributed by atoms with E-state index in [1.807, 2.05) is 44.4 Å². The zero-order valence-electron chi connectivity index (χ0n) is 15.5. The summed E-state index contributed by atoms with van der Waals surface area (Å²) in [5, 5.41) is 5.69. The van der Waals surface area contributed by atoms with Gasteiger partial charge in [-0.15, -0.1) is 23.1 Å². The van der Waals surface area contributed by atoms with E-state index in [2.05, 4.69) is 10.3 Å². The van der Waals surface area contributed by atoms with Gasteiger partial charge in [0.1, 0.15) is 10.8 Å². The number of anilines is 1. The number of aryl methyl sites for hydroxylation is 2. The SMILES string of the molecule is Cc1cccc(C)c1NC(=O)C(C)SCc1csc(-c2ccc(F)cc2)n1. The molecule has 0 aliphatic carbocycles. The average molecular weight is 401 g/mol. The summed E-state index contributed by atoms with van der Waals surface area (Å²) in [5.74, 6) is 0.389. The predicted octanol–water partition coefficient (Wildman–Crippen LogP) is 5.83. The summed E-state index contributed by atoms with van der Waals surface area (Å²) < 4.78 is 13.0. The summed E-state index contributed by atoms with van der Waals surface area (Å²) in [6.45, 7) is 5.89. The molecule has 1 amide bonds. The van der Waals surface area contributed by atoms with Gasteiger partial charge < -0.3 is 5.32 Å². The van der Waals surface area contributed by atoms with Crippen LogP contribution in [0, 0.1) is 19.7 Å². The third-order valence-corrected chi connectivity index (χ3v) is 6.34. The number of thiazole rings is 1. The van der Waals surface area contributed by atoms with Crippen LogP contribution in [0.3, 0.4) is 0 Å². The minimum atomic E-state index is -0.255. The Morgan fingerprint density at radius 2 is 1.85 bits per heavy atom. The molecule has 3 nitrogen and oxygen atoms in total. The fraction of sp³-hybridized carbons (Fsp3) is 0.238. The second-order valence-corrected chi connectivity index (χ2v) is 8.55. The standard InChI is InChI=1S/C21H21FN2OS2/c1-13-5-4-6-14(2)19(13)24-20(25)15(3)26-11-18-12-27-21(23-18)16-7-9-17(22)10-8-16/h4-10,12,15H,11H2,1-3H3,(H,24,25). The molecule has 1 N–H and O–H groups in total. The number of aromatic nitrogens is 1. The van der Waals surface area contributed by atoms with Crippen LogP contribution >= 0.6 is 23.1 Å². The largest absolute Gasteiger partial charge is 0.325 e. The van der Waals surface area contributed by atoms with E-state index in [1.54, 1.807) is 23.9 Å². The van der Waals surface area contributed by atoms with Gasteiger partial charge >= 0.3 is 0 Å². The fourth-order valence-electron chi connectivity index (χ4n) is 2.62. The highest BCUT2D eigenvalue weighted by Gasteiger charge is 2.16. The molecule has 27 heavy (non-hydrogen) atoms. The molecule has 1 atom stereocenters. The third kappa shape index (κ3) is 4.96. The Kier molecular flexibility index (Phi) is 6.29. The number of nitrogens with zero attached hydrogens (tertiary/aromatic N) is 1. The molecule has 3 aromatic rings. The van der Waals surface area contributed by atoms with Gasteiger partial charge in [-0.2, -0.15) is 0 Å². The lowest BCUT2D eigenvalue weighted by Crippen LogP contribution is -2.23. The van der Waals surface area contributed by atoms with Crippen molar-refractivity contribution in [1.82, 2.24) is 4.98 Å². The van der Waals surface area contributed by atoms with Crippen LogP contribution in [0.4, 0.5) is 10.1 Å². The minimum absolute atomic E-state index is 0.00797. The van der Waals surface area contributed by atoms with E-state index >= 15 is 0 Å². The van der Waals surface area contributed by atoms with Crippen molar-refractivity contribution in [3.8, 4) is 10.6 Å². The number of nitrogens with one attached hydrogen (secondary N) is 1. The smallest absolute Gasteiger partial charge is 0.237 e. The maximum Gasteiger partial charge on any atom is 0.237 e. The summed E-state index contributed by atoms with van der Waals surface area (Å²) in [4.78, 5) is 17.1. The number of carbonyl (C=O) groups is 1. The van der Waals surface area contributed by atoms with Crippen LogP contribution in [-0.2, 0) is 10.5 Å². The summed E-state index contributed by atoms with van der Waals surface area (Å²) in [6, 6.07) is 12.3. The molecule has 0 radical (unpaired) electrons. The number of thioether (sulfide) groups is 1. The van der Waals surface area contributed by atoms with Crippen LogP contribution in [0.1, 0.15) is 23.7 Å². The fourth-order valence-corrected chi connectivity index (χ4v) is 4.33. The van der Waals surface area contributed by atoms with E-state index in [9.17, 15) is 9.18 Å². The van der Waals surface area contributed by atoms with Gasteiger partial charge in [0.15, 0.2) is 0 Å². The molecule has 1 aromatic heterocycles. The first-order chi connectivity index (χ1) is 12.9. The molecule has 1 heterocycles. The first kappa shape index (κ1) is 19.6. The highest BCUT2D eigenvalue weighted by molar-refractivity contribution is 7.99. The van der Waals surface area contributed by atoms with E-state index in [-0.39, 0.29) is 17.0 Å². The van der Waals surface area contributed by atoms with Crippen molar-refractivity contribution in [3.05, 3.63) is 70.5 Å². The van der Waals surface area contributed by atoms with Gasteiger partial charge in [-0.05, 0) is 56.2 Å². The monoisotopic (exact) mass is 400 g/mol. The number of halogens is 1. The Bertz CT molecular complexity index is 917. The Hall–Kier alpha value is -2.18. The third-order valence-electron chi connectivity index (χ3n) is 4.22. The zero-order valence-corrected chi connectivity index (χ0v) is 17.1. The average Bonchev–Trinajstić information content (AvgIpc) is 3.12. The summed E-state index contributed by atoms with van der Waals surface area (Å²) in [6.07, 6.45) is 0. The Balaban J connectivity index is 1.58. The molecule has 2 aromatic carbocycles. The van der Waals surface area contributed by atoms with Gasteiger partial charge in [0, 0.05) is 22.4 Å². The lowest BCUT2D eigenvalue weighted by Gasteiger charge is -2.15. The van der Waals surface area contributed by atoms with Gasteiger partial charge in [0.05, 0.1) is 10.9 Å². The van der Waals surface area contributed by atoms with Crippen LogP contribution in [-0.4, -0.2) is 16.1 Å². The van der Waals surface area contributed by atoms with Crippen molar-refractivity contribution < 1.29 is 9.18 Å². The molecular weight excluding hydrogens is 379 g/mol. The number of amides is 1. The van der Waals surface area contributed by atoms with Gasteiger partial charge in [-0.25, -0.2) is 9.37 Å². The Morgan fingerprint density at radius 3 is 2.52 bits per heavy atom. The quantitative estimate of drug-likeness (QED) is 0.566. The van der Waals surface area contributed by atoms with Crippen LogP contribution < -0.4 is 5.32 Å². The van der Waals surface area contributed by atoms with Crippen molar-refractivity contribution in [2.24, 2.45) is 0 Å². The molecule has 0 aliphatic rings. The van der Waals surface area contributed by atoms with Crippen molar-refractivity contribution in [1.29, 1.82) is 0 Å². The van der Waals surface area contributed by atoms with Crippen molar-refractivity contribution in [2.75, 3.05) is 5.32 Å². The first-order valence-electron chi connectivity index (χ1n) is 8.63. The molecule has 0 saturated heterocycles. The zero-order chi connectivity index (χ0) is 19.4. The highest BCUT2D eigenvalue weighted by atomic mass is 32.2. The first-order valence-corrected chi connectivity index (χ1v) is 10.6. The molecule has 140 valence electrons. The number of hydrogen-bond acceptors (Lipinski definition) is 4. The number of hydrogen-bond donors (Lipinski definition) is 1. The number of carbonyl (C=O) groups excluding carboxylic acids is 1. The highest BCUT2D eigenvalue weighted by Crippen LogP contribution is 2.27. The van der Waals surface area contributed by atoms with E-state index < -0.39 is 0 Å². The lowest BCUT2D eigenvalue weighted by molar-refractivity contribution is -0.115. The number of benzene rings is 2. The Labute approximate surface area is 167 Å². The molecule has 3 rings (SSSR count). The second kappa shape index (κ2) is 8.67. The molecule has 0 saturated carbocycles. The van der Waals surface area contributed by atoms with Gasteiger partial charge in [0.2, 0.25) is 5.91 Å². The molecule has 0 bridgehead atoms. The van der Waals surface area contributed by atoms with E-state index in [4.69, 9.17) is 0 Å². The maximum absolute atomic E-state index is 13.0. The molecule has 6 heteroatoms. The minimum Gasteiger partial charge on any atom is -0.325 e. The van der Waals surface area contributed by atoms with E-state index in [1.165, 1.54) is 23.5 Å². The molecular formula is C21H21FN2OS2. The van der Waals surface area contributed by atoms with Crippen LogP contribution in [0.25, 0.3) is 10.6 Å². The lowest BCUT2D eigenvalue weighted by atomic mass is 10.1. The van der Waals surface area contributed by atoms with Crippen LogP contribution in [0.2, 0.25) is 0 Å². The topological polar surface area (TPSA) is 42.0 Å². The second-order valence-electron chi connectivity index (χ2n) is 6.36. The van der Waals surface area contributed by atoms with Crippen LogP contribution in [0.5, 0.6) is 0 Å². The number of rotatable bonds is 6. The number of para-hydroxylation sites is 1.